The average molecular weight is 406 g/mol. The van der Waals surface area contributed by atoms with Gasteiger partial charge in [0, 0.05) is 0 Å². The molecule has 1 aromatic heterocycles. The van der Waals surface area contributed by atoms with Crippen LogP contribution in [0.2, 0.25) is 0 Å². The van der Waals surface area contributed by atoms with Crippen molar-refractivity contribution in [2.75, 3.05) is 19.0 Å². The normalized spacial score (nSPS) is 10.8. The topological polar surface area (TPSA) is 77.5 Å². The van der Waals surface area contributed by atoms with Gasteiger partial charge in [-0.15, -0.1) is 0 Å². The van der Waals surface area contributed by atoms with Gasteiger partial charge in [0.1, 0.15) is 5.75 Å². The lowest BCUT2D eigenvalue weighted by molar-refractivity contribution is -0.146. The summed E-state index contributed by atoms with van der Waals surface area (Å²) in [5.74, 6) is -0.158. The van der Waals surface area contributed by atoms with Gasteiger partial charge in [-0.1, -0.05) is 53.8 Å². The van der Waals surface area contributed by atoms with Crippen molar-refractivity contribution in [1.82, 2.24) is 4.98 Å². The summed E-state index contributed by atoms with van der Waals surface area (Å²) in [7, 11) is 1.59. The fraction of sp³-hybridized carbons (Fsp3) is 0.136. The fourth-order valence-corrected chi connectivity index (χ4v) is 3.95. The molecule has 0 bridgehead atoms. The number of carbonyl (C=O) groups excluding carboxylic acids is 2. The number of thiazole rings is 1. The number of anilines is 1. The quantitative estimate of drug-likeness (QED) is 0.486. The third-order valence-electron chi connectivity index (χ3n) is 4.42. The van der Waals surface area contributed by atoms with Crippen molar-refractivity contribution in [1.29, 1.82) is 0 Å². The van der Waals surface area contributed by atoms with Gasteiger partial charge in [-0.05, 0) is 34.5 Å². The van der Waals surface area contributed by atoms with Crippen LogP contribution in [0.3, 0.4) is 0 Å². The lowest BCUT2D eigenvalue weighted by atomic mass is 10.0. The van der Waals surface area contributed by atoms with Crippen LogP contribution in [0.25, 0.3) is 21.0 Å². The van der Waals surface area contributed by atoms with Crippen molar-refractivity contribution in [3.63, 3.8) is 0 Å². The number of hydrogen-bond donors (Lipinski definition) is 1. The monoisotopic (exact) mass is 406 g/mol. The van der Waals surface area contributed by atoms with E-state index in [-0.39, 0.29) is 13.0 Å². The Balaban J connectivity index is 1.35. The number of rotatable bonds is 6. The molecular weight excluding hydrogens is 388 g/mol. The summed E-state index contributed by atoms with van der Waals surface area (Å²) in [6.45, 7) is -0.358. The molecule has 1 amide bonds. The van der Waals surface area contributed by atoms with Crippen molar-refractivity contribution in [2.24, 2.45) is 0 Å². The molecule has 1 heterocycles. The number of benzene rings is 3. The highest BCUT2D eigenvalue weighted by molar-refractivity contribution is 7.22. The molecule has 146 valence electrons. The number of fused-ring (bicyclic) bond motifs is 2. The number of nitrogens with one attached hydrogen (secondary N) is 1. The van der Waals surface area contributed by atoms with E-state index in [0.29, 0.717) is 5.13 Å². The van der Waals surface area contributed by atoms with E-state index in [1.54, 1.807) is 7.11 Å². The Labute approximate surface area is 171 Å². The number of nitrogens with zero attached hydrogens (tertiary/aromatic N) is 1. The Bertz CT molecular complexity index is 1200. The van der Waals surface area contributed by atoms with Crippen LogP contribution < -0.4 is 10.1 Å². The third kappa shape index (κ3) is 4.35. The molecule has 0 atom stereocenters. The van der Waals surface area contributed by atoms with Gasteiger partial charge >= 0.3 is 5.97 Å². The molecule has 29 heavy (non-hydrogen) atoms. The first-order valence-corrected chi connectivity index (χ1v) is 9.81. The van der Waals surface area contributed by atoms with Crippen LogP contribution >= 0.6 is 11.3 Å². The molecule has 0 aliphatic rings. The zero-order valence-corrected chi connectivity index (χ0v) is 16.5. The predicted octanol–water partition coefficient (Wildman–Crippen LogP) is 4.18. The molecule has 4 aromatic rings. The molecule has 0 saturated carbocycles. The zero-order chi connectivity index (χ0) is 20.2. The Morgan fingerprint density at radius 1 is 1.07 bits per heavy atom. The Morgan fingerprint density at radius 3 is 2.76 bits per heavy atom. The maximum absolute atomic E-state index is 12.2. The number of esters is 1. The molecule has 0 spiro atoms. The van der Waals surface area contributed by atoms with Gasteiger partial charge < -0.3 is 9.47 Å². The second kappa shape index (κ2) is 8.28. The van der Waals surface area contributed by atoms with E-state index in [0.717, 1.165) is 32.3 Å². The third-order valence-corrected chi connectivity index (χ3v) is 5.35. The maximum Gasteiger partial charge on any atom is 0.310 e. The van der Waals surface area contributed by atoms with Gasteiger partial charge in [0.25, 0.3) is 5.91 Å². The van der Waals surface area contributed by atoms with Crippen LogP contribution in [0.1, 0.15) is 5.56 Å². The van der Waals surface area contributed by atoms with Crippen LogP contribution in [-0.2, 0) is 20.7 Å². The number of aromatic nitrogens is 1. The fourth-order valence-electron chi connectivity index (χ4n) is 3.04. The highest BCUT2D eigenvalue weighted by Crippen LogP contribution is 2.29. The lowest BCUT2D eigenvalue weighted by Crippen LogP contribution is -2.21. The molecule has 1 N–H and O–H groups in total. The molecule has 7 heteroatoms. The van der Waals surface area contributed by atoms with Crippen molar-refractivity contribution < 1.29 is 19.1 Å². The van der Waals surface area contributed by atoms with Crippen LogP contribution in [0.15, 0.2) is 60.7 Å². The number of ether oxygens (including phenoxy) is 2. The Kier molecular flexibility index (Phi) is 5.39. The van der Waals surface area contributed by atoms with Gasteiger partial charge in [0.2, 0.25) is 0 Å². The van der Waals surface area contributed by atoms with Gasteiger partial charge in [0.05, 0.1) is 23.7 Å². The van der Waals surface area contributed by atoms with E-state index >= 15 is 0 Å². The van der Waals surface area contributed by atoms with Crippen molar-refractivity contribution in [2.45, 2.75) is 6.42 Å². The molecule has 3 aromatic carbocycles. The molecule has 6 nitrogen and oxygen atoms in total. The second-order valence-electron chi connectivity index (χ2n) is 6.38. The van der Waals surface area contributed by atoms with Crippen LogP contribution in [0.5, 0.6) is 5.75 Å². The number of carbonyl (C=O) groups is 2. The van der Waals surface area contributed by atoms with Gasteiger partial charge in [-0.25, -0.2) is 4.98 Å². The molecule has 0 aliphatic carbocycles. The summed E-state index contributed by atoms with van der Waals surface area (Å²) in [5.41, 5.74) is 1.63. The van der Waals surface area contributed by atoms with E-state index in [4.69, 9.17) is 9.47 Å². The molecule has 0 saturated heterocycles. The Morgan fingerprint density at radius 2 is 1.90 bits per heavy atom. The summed E-state index contributed by atoms with van der Waals surface area (Å²) in [5, 5.41) is 5.18. The van der Waals surface area contributed by atoms with Crippen LogP contribution in [0, 0.1) is 0 Å². The first kappa shape index (κ1) is 18.9. The summed E-state index contributed by atoms with van der Waals surface area (Å²) in [4.78, 5) is 28.7. The lowest BCUT2D eigenvalue weighted by Gasteiger charge is -2.07. The number of amides is 1. The van der Waals surface area contributed by atoms with E-state index in [2.05, 4.69) is 10.3 Å². The minimum Gasteiger partial charge on any atom is -0.497 e. The van der Waals surface area contributed by atoms with Gasteiger partial charge in [0.15, 0.2) is 11.7 Å². The van der Waals surface area contributed by atoms with Crippen LogP contribution in [-0.4, -0.2) is 30.6 Å². The largest absolute Gasteiger partial charge is 0.497 e. The smallest absolute Gasteiger partial charge is 0.310 e. The van der Waals surface area contributed by atoms with Gasteiger partial charge in [-0.3, -0.25) is 14.9 Å². The molecule has 0 radical (unpaired) electrons. The van der Waals surface area contributed by atoms with Crippen molar-refractivity contribution >= 4 is 49.3 Å². The summed E-state index contributed by atoms with van der Waals surface area (Å²) >= 11 is 1.33. The maximum atomic E-state index is 12.2. The average Bonchev–Trinajstić information content (AvgIpc) is 3.13. The highest BCUT2D eigenvalue weighted by atomic mass is 32.1. The second-order valence-corrected chi connectivity index (χ2v) is 7.41. The molecule has 0 unspecified atom stereocenters. The van der Waals surface area contributed by atoms with E-state index in [1.165, 1.54) is 11.3 Å². The molecule has 0 aliphatic heterocycles. The Hall–Kier alpha value is -3.45. The van der Waals surface area contributed by atoms with E-state index in [1.807, 2.05) is 60.7 Å². The summed E-state index contributed by atoms with van der Waals surface area (Å²) in [6, 6.07) is 19.1. The highest BCUT2D eigenvalue weighted by Gasteiger charge is 2.13. The first-order valence-electron chi connectivity index (χ1n) is 8.99. The van der Waals surface area contributed by atoms with Crippen molar-refractivity contribution in [3.8, 4) is 5.75 Å². The van der Waals surface area contributed by atoms with Crippen LogP contribution in [0.4, 0.5) is 5.13 Å². The zero-order valence-electron chi connectivity index (χ0n) is 15.7. The minimum atomic E-state index is -0.453. The van der Waals surface area contributed by atoms with E-state index in [9.17, 15) is 9.59 Å². The van der Waals surface area contributed by atoms with E-state index < -0.39 is 11.9 Å². The SMILES string of the molecule is COc1ccc2nc(NC(=O)COC(=O)Cc3cccc4ccccc34)sc2c1. The van der Waals surface area contributed by atoms with Crippen molar-refractivity contribution in [3.05, 3.63) is 66.2 Å². The molecule has 4 rings (SSSR count). The molecular formula is C22H18N2O4S. The summed E-state index contributed by atoms with van der Waals surface area (Å²) in [6.07, 6.45) is 0.107. The number of methoxy groups -OCH3 is 1. The van der Waals surface area contributed by atoms with Gasteiger partial charge in [-0.2, -0.15) is 0 Å². The molecule has 0 fully saturated rings. The first-order chi connectivity index (χ1) is 14.1. The predicted molar refractivity (Wildman–Crippen MR) is 113 cm³/mol. The number of hydrogen-bond acceptors (Lipinski definition) is 6. The standard InChI is InChI=1S/C22H18N2O4S/c1-27-16-9-10-18-19(12-16)29-22(23-18)24-20(25)13-28-21(26)11-15-7-4-6-14-5-2-3-8-17(14)15/h2-10,12H,11,13H2,1H3,(H,23,24,25). The summed E-state index contributed by atoms with van der Waals surface area (Å²) < 4.78 is 11.2. The minimum absolute atomic E-state index is 0.107.